The van der Waals surface area contributed by atoms with Crippen LogP contribution in [-0.2, 0) is 6.42 Å². The van der Waals surface area contributed by atoms with Crippen molar-refractivity contribution in [2.45, 2.75) is 32.6 Å². The second kappa shape index (κ2) is 5.72. The zero-order valence-electron chi connectivity index (χ0n) is 12.4. The lowest BCUT2D eigenvalue weighted by atomic mass is 9.92. The average Bonchev–Trinajstić information content (AvgIpc) is 2.45. The number of aromatic nitrogens is 2. The maximum absolute atomic E-state index is 11.9. The summed E-state index contributed by atoms with van der Waals surface area (Å²) in [7, 11) is 0. The van der Waals surface area contributed by atoms with Crippen molar-refractivity contribution in [2.24, 2.45) is 5.92 Å². The van der Waals surface area contributed by atoms with Crippen molar-refractivity contribution >= 4 is 0 Å². The van der Waals surface area contributed by atoms with Crippen LogP contribution < -0.4 is 10.3 Å². The van der Waals surface area contributed by atoms with Gasteiger partial charge in [0.15, 0.2) is 0 Å². The third-order valence-corrected chi connectivity index (χ3v) is 3.72. The molecule has 21 heavy (non-hydrogen) atoms. The predicted octanol–water partition coefficient (Wildman–Crippen LogP) is 2.88. The zero-order chi connectivity index (χ0) is 14.8. The molecule has 4 nitrogen and oxygen atoms in total. The van der Waals surface area contributed by atoms with Crippen molar-refractivity contribution in [1.82, 2.24) is 9.97 Å². The molecule has 1 unspecified atom stereocenters. The molecule has 1 aliphatic rings. The fraction of sp³-hybridized carbons (Fsp3) is 0.412. The molecule has 0 saturated heterocycles. The van der Waals surface area contributed by atoms with Crippen molar-refractivity contribution in [3.63, 3.8) is 0 Å². The van der Waals surface area contributed by atoms with E-state index in [2.05, 4.69) is 23.8 Å². The molecule has 2 heterocycles. The van der Waals surface area contributed by atoms with Crippen molar-refractivity contribution in [3.05, 3.63) is 57.8 Å². The van der Waals surface area contributed by atoms with E-state index in [1.807, 2.05) is 24.3 Å². The van der Waals surface area contributed by atoms with E-state index in [1.54, 1.807) is 6.07 Å². The van der Waals surface area contributed by atoms with Gasteiger partial charge in [-0.2, -0.15) is 0 Å². The summed E-state index contributed by atoms with van der Waals surface area (Å²) in [4.78, 5) is 19.5. The Morgan fingerprint density at radius 3 is 3.00 bits per heavy atom. The molecule has 0 aliphatic carbocycles. The molecule has 0 spiro atoms. The number of fused-ring (bicyclic) bond motifs is 1. The molecule has 3 rings (SSSR count). The minimum Gasteiger partial charge on any atom is -0.493 e. The van der Waals surface area contributed by atoms with Crippen LogP contribution in [0.15, 0.2) is 35.1 Å². The Morgan fingerprint density at radius 2 is 2.19 bits per heavy atom. The number of aromatic amines is 1. The number of ether oxygens (including phenoxy) is 1. The molecule has 1 aliphatic heterocycles. The van der Waals surface area contributed by atoms with Crippen LogP contribution in [0.1, 0.15) is 43.3 Å². The molecule has 4 heteroatoms. The fourth-order valence-corrected chi connectivity index (χ4v) is 2.84. The van der Waals surface area contributed by atoms with Crippen molar-refractivity contribution < 1.29 is 4.74 Å². The van der Waals surface area contributed by atoms with Gasteiger partial charge in [-0.15, -0.1) is 0 Å². The number of H-pyrrole nitrogens is 1. The molecule has 1 aromatic carbocycles. The van der Waals surface area contributed by atoms with Crippen LogP contribution in [0.5, 0.6) is 5.75 Å². The SMILES string of the molecule is CC(C)Cc1cc(=O)[nH]c(C2CCOc3ccccc32)n1. The monoisotopic (exact) mass is 284 g/mol. The zero-order valence-corrected chi connectivity index (χ0v) is 12.4. The Labute approximate surface area is 124 Å². The molecule has 1 atom stereocenters. The van der Waals surface area contributed by atoms with Crippen LogP contribution in [0.2, 0.25) is 0 Å². The lowest BCUT2D eigenvalue weighted by molar-refractivity contribution is 0.274. The third-order valence-electron chi connectivity index (χ3n) is 3.72. The van der Waals surface area contributed by atoms with Crippen molar-refractivity contribution in [3.8, 4) is 5.75 Å². The molecule has 0 fully saturated rings. The molecule has 1 N–H and O–H groups in total. The number of rotatable bonds is 3. The summed E-state index contributed by atoms with van der Waals surface area (Å²) in [6.07, 6.45) is 1.66. The third kappa shape index (κ3) is 2.99. The largest absolute Gasteiger partial charge is 0.493 e. The maximum Gasteiger partial charge on any atom is 0.251 e. The highest BCUT2D eigenvalue weighted by Crippen LogP contribution is 2.36. The van der Waals surface area contributed by atoms with Crippen LogP contribution in [0.3, 0.4) is 0 Å². The Hall–Kier alpha value is -2.10. The van der Waals surface area contributed by atoms with Gasteiger partial charge >= 0.3 is 0 Å². The molecule has 0 saturated carbocycles. The first-order valence-corrected chi connectivity index (χ1v) is 7.45. The van der Waals surface area contributed by atoms with Gasteiger partial charge in [-0.3, -0.25) is 4.79 Å². The van der Waals surface area contributed by atoms with Gasteiger partial charge in [0.25, 0.3) is 5.56 Å². The normalized spacial score (nSPS) is 17.4. The quantitative estimate of drug-likeness (QED) is 0.943. The molecule has 1 aromatic heterocycles. The summed E-state index contributed by atoms with van der Waals surface area (Å²) in [5.74, 6) is 2.24. The molecule has 0 amide bonds. The minimum absolute atomic E-state index is 0.0698. The minimum atomic E-state index is -0.0698. The van der Waals surface area contributed by atoms with Crippen LogP contribution in [0.25, 0.3) is 0 Å². The average molecular weight is 284 g/mol. The molecular formula is C17H20N2O2. The molecular weight excluding hydrogens is 264 g/mol. The molecule has 0 radical (unpaired) electrons. The number of nitrogens with zero attached hydrogens (tertiary/aromatic N) is 1. The molecule has 0 bridgehead atoms. The van der Waals surface area contributed by atoms with E-state index in [1.165, 1.54) is 0 Å². The van der Waals surface area contributed by atoms with E-state index >= 15 is 0 Å². The predicted molar refractivity (Wildman–Crippen MR) is 81.8 cm³/mol. The fourth-order valence-electron chi connectivity index (χ4n) is 2.84. The Kier molecular flexibility index (Phi) is 3.78. The number of nitrogens with one attached hydrogen (secondary N) is 1. The van der Waals surface area contributed by atoms with Gasteiger partial charge in [-0.25, -0.2) is 4.98 Å². The topological polar surface area (TPSA) is 55.0 Å². The summed E-state index contributed by atoms with van der Waals surface area (Å²) >= 11 is 0. The number of para-hydroxylation sites is 1. The van der Waals surface area contributed by atoms with Gasteiger partial charge < -0.3 is 9.72 Å². The first-order valence-electron chi connectivity index (χ1n) is 7.45. The van der Waals surface area contributed by atoms with E-state index < -0.39 is 0 Å². The van der Waals surface area contributed by atoms with Crippen molar-refractivity contribution in [1.29, 1.82) is 0 Å². The van der Waals surface area contributed by atoms with Gasteiger partial charge in [-0.05, 0) is 24.8 Å². The van der Waals surface area contributed by atoms with Gasteiger partial charge in [0.1, 0.15) is 11.6 Å². The van der Waals surface area contributed by atoms with E-state index in [0.717, 1.165) is 35.7 Å². The van der Waals surface area contributed by atoms with Crippen LogP contribution >= 0.6 is 0 Å². The van der Waals surface area contributed by atoms with Gasteiger partial charge in [-0.1, -0.05) is 32.0 Å². The van der Waals surface area contributed by atoms with Gasteiger partial charge in [0.2, 0.25) is 0 Å². The summed E-state index contributed by atoms with van der Waals surface area (Å²) in [6, 6.07) is 9.59. The number of hydrogen-bond acceptors (Lipinski definition) is 3. The second-order valence-corrected chi connectivity index (χ2v) is 5.95. The Morgan fingerprint density at radius 1 is 1.38 bits per heavy atom. The highest BCUT2D eigenvalue weighted by molar-refractivity contribution is 5.40. The lowest BCUT2D eigenvalue weighted by Gasteiger charge is -2.25. The van der Waals surface area contributed by atoms with E-state index in [4.69, 9.17) is 4.74 Å². The summed E-state index contributed by atoms with van der Waals surface area (Å²) in [5, 5.41) is 0. The smallest absolute Gasteiger partial charge is 0.251 e. The van der Waals surface area contributed by atoms with E-state index in [0.29, 0.717) is 12.5 Å². The van der Waals surface area contributed by atoms with Crippen LogP contribution in [-0.4, -0.2) is 16.6 Å². The summed E-state index contributed by atoms with van der Waals surface area (Å²) < 4.78 is 5.68. The van der Waals surface area contributed by atoms with Gasteiger partial charge in [0.05, 0.1) is 6.61 Å². The standard InChI is InChI=1S/C17H20N2O2/c1-11(2)9-12-10-16(20)19-17(18-12)14-7-8-21-15-6-4-3-5-13(14)15/h3-6,10-11,14H,7-9H2,1-2H3,(H,18,19,20). The first kappa shape index (κ1) is 13.9. The van der Waals surface area contributed by atoms with Crippen molar-refractivity contribution in [2.75, 3.05) is 6.61 Å². The van der Waals surface area contributed by atoms with Crippen LogP contribution in [0.4, 0.5) is 0 Å². The highest BCUT2D eigenvalue weighted by atomic mass is 16.5. The highest BCUT2D eigenvalue weighted by Gasteiger charge is 2.25. The number of benzene rings is 1. The van der Waals surface area contributed by atoms with E-state index in [9.17, 15) is 4.79 Å². The van der Waals surface area contributed by atoms with Gasteiger partial charge in [0, 0.05) is 23.2 Å². The van der Waals surface area contributed by atoms with E-state index in [-0.39, 0.29) is 11.5 Å². The van der Waals surface area contributed by atoms with Crippen LogP contribution in [0, 0.1) is 5.92 Å². The summed E-state index contributed by atoms with van der Waals surface area (Å²) in [5.41, 5.74) is 1.90. The Balaban J connectivity index is 2.01. The molecule has 110 valence electrons. The first-order chi connectivity index (χ1) is 10.1. The molecule has 2 aromatic rings. The number of hydrogen-bond donors (Lipinski definition) is 1. The second-order valence-electron chi connectivity index (χ2n) is 5.95. The maximum atomic E-state index is 11.9. The lowest BCUT2D eigenvalue weighted by Crippen LogP contribution is -2.21. The summed E-state index contributed by atoms with van der Waals surface area (Å²) in [6.45, 7) is 4.92. The Bertz CT molecular complexity index is 691.